The molecule has 3 nitrogen and oxygen atoms in total. The molecule has 0 heterocycles. The Morgan fingerprint density at radius 3 is 2.71 bits per heavy atom. The lowest BCUT2D eigenvalue weighted by atomic mass is 10.4. The van der Waals surface area contributed by atoms with Crippen LogP contribution in [0.4, 0.5) is 0 Å². The van der Waals surface area contributed by atoms with E-state index in [0.717, 1.165) is 26.1 Å². The zero-order valence-corrected chi connectivity index (χ0v) is 9.94. The Bertz CT molecular complexity index is 92.1. The van der Waals surface area contributed by atoms with Gasteiger partial charge in [-0.25, -0.2) is 0 Å². The molecular formula is C10H23NO2S. The van der Waals surface area contributed by atoms with Crippen molar-refractivity contribution in [2.24, 2.45) is 0 Å². The highest BCUT2D eigenvalue weighted by atomic mass is 32.2. The molecule has 86 valence electrons. The smallest absolute Gasteiger partial charge is 0.0697 e. The van der Waals surface area contributed by atoms with Crippen molar-refractivity contribution in [1.82, 2.24) is 5.32 Å². The average Bonchev–Trinajstić information content (AvgIpc) is 2.21. The van der Waals surface area contributed by atoms with E-state index in [9.17, 15) is 0 Å². The first-order valence-corrected chi connectivity index (χ1v) is 6.54. The molecule has 0 aromatic heterocycles. The maximum Gasteiger partial charge on any atom is 0.0697 e. The summed E-state index contributed by atoms with van der Waals surface area (Å²) in [5, 5.41) is 11.8. The van der Waals surface area contributed by atoms with Crippen LogP contribution in [0.1, 0.15) is 19.8 Å². The molecule has 0 aliphatic heterocycles. The van der Waals surface area contributed by atoms with Crippen LogP contribution in [0.25, 0.3) is 0 Å². The summed E-state index contributed by atoms with van der Waals surface area (Å²) in [5.74, 6) is 2.47. The van der Waals surface area contributed by atoms with Crippen molar-refractivity contribution >= 4 is 11.8 Å². The molecule has 0 amide bonds. The number of aliphatic hydroxyl groups excluding tert-OH is 1. The second-order valence-corrected chi connectivity index (χ2v) is 4.38. The molecule has 0 aromatic carbocycles. The zero-order chi connectivity index (χ0) is 10.5. The molecule has 0 atom stereocenters. The Morgan fingerprint density at radius 2 is 2.00 bits per heavy atom. The monoisotopic (exact) mass is 221 g/mol. The molecule has 2 N–H and O–H groups in total. The molecule has 0 spiro atoms. The standard InChI is InChI=1S/C10H23NO2S/c1-2-14-10-4-6-11-5-3-8-13-9-7-12/h11-12H,2-10H2,1H3. The number of hydrogen-bond donors (Lipinski definition) is 2. The number of ether oxygens (including phenoxy) is 1. The maximum atomic E-state index is 8.45. The van der Waals surface area contributed by atoms with Crippen LogP contribution in [0.5, 0.6) is 0 Å². The lowest BCUT2D eigenvalue weighted by molar-refractivity contribution is 0.0908. The van der Waals surface area contributed by atoms with E-state index in [2.05, 4.69) is 12.2 Å². The molecule has 0 unspecified atom stereocenters. The van der Waals surface area contributed by atoms with Gasteiger partial charge in [-0.1, -0.05) is 6.92 Å². The second kappa shape index (κ2) is 13.2. The minimum absolute atomic E-state index is 0.127. The first-order chi connectivity index (χ1) is 6.91. The fraction of sp³-hybridized carbons (Fsp3) is 1.00. The third kappa shape index (κ3) is 12.2. The van der Waals surface area contributed by atoms with E-state index in [1.54, 1.807) is 0 Å². The molecular weight excluding hydrogens is 198 g/mol. The quantitative estimate of drug-likeness (QED) is 0.513. The topological polar surface area (TPSA) is 41.5 Å². The Balaban J connectivity index is 2.78. The lowest BCUT2D eigenvalue weighted by Crippen LogP contribution is -2.18. The molecule has 14 heavy (non-hydrogen) atoms. The molecule has 0 aromatic rings. The van der Waals surface area contributed by atoms with Gasteiger partial charge in [0, 0.05) is 6.61 Å². The van der Waals surface area contributed by atoms with Crippen molar-refractivity contribution < 1.29 is 9.84 Å². The van der Waals surface area contributed by atoms with Gasteiger partial charge in [0.25, 0.3) is 0 Å². The van der Waals surface area contributed by atoms with Crippen LogP contribution in [0, 0.1) is 0 Å². The summed E-state index contributed by atoms with van der Waals surface area (Å²) in [4.78, 5) is 0. The van der Waals surface area contributed by atoms with Crippen molar-refractivity contribution in [2.45, 2.75) is 19.8 Å². The van der Waals surface area contributed by atoms with Gasteiger partial charge in [0.15, 0.2) is 0 Å². The van der Waals surface area contributed by atoms with Gasteiger partial charge in [-0.3, -0.25) is 0 Å². The van der Waals surface area contributed by atoms with Crippen LogP contribution >= 0.6 is 11.8 Å². The third-order valence-corrected chi connectivity index (χ3v) is 2.71. The summed E-state index contributed by atoms with van der Waals surface area (Å²) in [6.07, 6.45) is 2.27. The number of aliphatic hydroxyl groups is 1. The van der Waals surface area contributed by atoms with E-state index in [1.807, 2.05) is 11.8 Å². The van der Waals surface area contributed by atoms with E-state index < -0.39 is 0 Å². The Morgan fingerprint density at radius 1 is 1.21 bits per heavy atom. The summed E-state index contributed by atoms with van der Waals surface area (Å²) in [6, 6.07) is 0. The fourth-order valence-electron chi connectivity index (χ4n) is 1.03. The predicted molar refractivity (Wildman–Crippen MR) is 63.0 cm³/mol. The fourth-order valence-corrected chi connectivity index (χ4v) is 1.67. The summed E-state index contributed by atoms with van der Waals surface area (Å²) in [6.45, 7) is 5.65. The van der Waals surface area contributed by atoms with Crippen molar-refractivity contribution in [1.29, 1.82) is 0 Å². The van der Waals surface area contributed by atoms with E-state index in [0.29, 0.717) is 6.61 Å². The maximum absolute atomic E-state index is 8.45. The summed E-state index contributed by atoms with van der Waals surface area (Å²) < 4.78 is 5.13. The average molecular weight is 221 g/mol. The van der Waals surface area contributed by atoms with Gasteiger partial charge in [0.05, 0.1) is 13.2 Å². The van der Waals surface area contributed by atoms with E-state index in [1.165, 1.54) is 17.9 Å². The van der Waals surface area contributed by atoms with Crippen LogP contribution in [-0.2, 0) is 4.74 Å². The Labute approximate surface area is 91.6 Å². The molecule has 0 aliphatic rings. The lowest BCUT2D eigenvalue weighted by Gasteiger charge is -2.04. The Kier molecular flexibility index (Phi) is 13.4. The molecule has 0 aliphatic carbocycles. The predicted octanol–water partition coefficient (Wildman–Crippen LogP) is 1.12. The SMILES string of the molecule is CCSCCCNCCCOCCO. The van der Waals surface area contributed by atoms with E-state index in [-0.39, 0.29) is 6.61 Å². The van der Waals surface area contributed by atoms with Crippen molar-refractivity contribution in [3.63, 3.8) is 0 Å². The van der Waals surface area contributed by atoms with Gasteiger partial charge < -0.3 is 15.2 Å². The minimum atomic E-state index is 0.127. The van der Waals surface area contributed by atoms with Crippen LogP contribution in [-0.4, -0.2) is 49.5 Å². The summed E-state index contributed by atoms with van der Waals surface area (Å²) in [7, 11) is 0. The van der Waals surface area contributed by atoms with Crippen molar-refractivity contribution in [3.8, 4) is 0 Å². The molecule has 0 bridgehead atoms. The molecule has 4 heteroatoms. The first kappa shape index (κ1) is 14.2. The van der Waals surface area contributed by atoms with E-state index in [4.69, 9.17) is 9.84 Å². The van der Waals surface area contributed by atoms with Gasteiger partial charge in [-0.2, -0.15) is 11.8 Å². The van der Waals surface area contributed by atoms with Crippen LogP contribution in [0.3, 0.4) is 0 Å². The molecule has 0 radical (unpaired) electrons. The third-order valence-electron chi connectivity index (χ3n) is 1.72. The normalized spacial score (nSPS) is 10.7. The summed E-state index contributed by atoms with van der Waals surface area (Å²) >= 11 is 1.99. The molecule has 0 saturated carbocycles. The zero-order valence-electron chi connectivity index (χ0n) is 9.13. The van der Waals surface area contributed by atoms with Gasteiger partial charge in [0.2, 0.25) is 0 Å². The molecule has 0 saturated heterocycles. The second-order valence-electron chi connectivity index (χ2n) is 2.99. The molecule has 0 fully saturated rings. The number of nitrogens with one attached hydrogen (secondary N) is 1. The van der Waals surface area contributed by atoms with Crippen molar-refractivity contribution in [3.05, 3.63) is 0 Å². The van der Waals surface area contributed by atoms with Crippen molar-refractivity contribution in [2.75, 3.05) is 44.4 Å². The highest BCUT2D eigenvalue weighted by Gasteiger charge is 1.90. The highest BCUT2D eigenvalue weighted by molar-refractivity contribution is 7.99. The highest BCUT2D eigenvalue weighted by Crippen LogP contribution is 1.99. The van der Waals surface area contributed by atoms with Gasteiger partial charge in [0.1, 0.15) is 0 Å². The van der Waals surface area contributed by atoms with E-state index >= 15 is 0 Å². The minimum Gasteiger partial charge on any atom is -0.394 e. The number of hydrogen-bond acceptors (Lipinski definition) is 4. The number of thioether (sulfide) groups is 1. The van der Waals surface area contributed by atoms with Gasteiger partial charge >= 0.3 is 0 Å². The van der Waals surface area contributed by atoms with Crippen LogP contribution < -0.4 is 5.32 Å². The molecule has 0 rings (SSSR count). The summed E-state index contributed by atoms with van der Waals surface area (Å²) in [5.41, 5.74) is 0. The largest absolute Gasteiger partial charge is 0.394 e. The van der Waals surface area contributed by atoms with Crippen LogP contribution in [0.15, 0.2) is 0 Å². The van der Waals surface area contributed by atoms with Crippen LogP contribution in [0.2, 0.25) is 0 Å². The number of rotatable bonds is 11. The Hall–Kier alpha value is 0.230. The first-order valence-electron chi connectivity index (χ1n) is 5.39. The van der Waals surface area contributed by atoms with Gasteiger partial charge in [-0.05, 0) is 37.4 Å². The van der Waals surface area contributed by atoms with Gasteiger partial charge in [-0.15, -0.1) is 0 Å².